The molecule has 102 valence electrons. The van der Waals surface area contributed by atoms with Gasteiger partial charge in [0.05, 0.1) is 19.9 Å². The van der Waals surface area contributed by atoms with Gasteiger partial charge >= 0.3 is 0 Å². The van der Waals surface area contributed by atoms with Crippen LogP contribution in [0, 0.1) is 0 Å². The van der Waals surface area contributed by atoms with Crippen molar-refractivity contribution in [2.24, 2.45) is 0 Å². The molecule has 0 aromatic carbocycles. The molecular formula is C12H20N2O3S. The Labute approximate surface area is 110 Å². The van der Waals surface area contributed by atoms with Crippen molar-refractivity contribution in [2.45, 2.75) is 19.5 Å². The smallest absolute Gasteiger partial charge is 0.183 e. The Balaban J connectivity index is 2.69. The van der Waals surface area contributed by atoms with Gasteiger partial charge in [-0.2, -0.15) is 0 Å². The molecule has 0 aliphatic carbocycles. The van der Waals surface area contributed by atoms with E-state index in [1.54, 1.807) is 32.7 Å². The van der Waals surface area contributed by atoms with Gasteiger partial charge in [0.25, 0.3) is 0 Å². The molecule has 0 bridgehead atoms. The first-order valence-electron chi connectivity index (χ1n) is 5.67. The van der Waals surface area contributed by atoms with Crippen molar-refractivity contribution in [3.05, 3.63) is 18.0 Å². The van der Waals surface area contributed by atoms with Crippen molar-refractivity contribution >= 4 is 10.8 Å². The highest BCUT2D eigenvalue weighted by molar-refractivity contribution is 7.84. The van der Waals surface area contributed by atoms with Gasteiger partial charge in [0.2, 0.25) is 0 Å². The molecule has 0 amide bonds. The highest BCUT2D eigenvalue weighted by Crippen LogP contribution is 2.28. The average Bonchev–Trinajstić information content (AvgIpc) is 2.34. The van der Waals surface area contributed by atoms with Crippen molar-refractivity contribution in [2.75, 3.05) is 26.2 Å². The van der Waals surface area contributed by atoms with Crippen LogP contribution < -0.4 is 14.8 Å². The number of nitrogens with zero attached hydrogens (tertiary/aromatic N) is 1. The number of aromatic nitrogens is 1. The highest BCUT2D eigenvalue weighted by Gasteiger charge is 2.12. The van der Waals surface area contributed by atoms with Gasteiger partial charge in [0, 0.05) is 47.7 Å². The van der Waals surface area contributed by atoms with Crippen LogP contribution in [0.2, 0.25) is 0 Å². The third-order valence-corrected chi connectivity index (χ3v) is 3.44. The summed E-state index contributed by atoms with van der Waals surface area (Å²) in [6.07, 6.45) is 3.38. The second-order valence-electron chi connectivity index (χ2n) is 4.01. The van der Waals surface area contributed by atoms with Gasteiger partial charge < -0.3 is 14.8 Å². The van der Waals surface area contributed by atoms with Gasteiger partial charge in [-0.15, -0.1) is 0 Å². The van der Waals surface area contributed by atoms with Crippen LogP contribution in [0.3, 0.4) is 0 Å². The van der Waals surface area contributed by atoms with Crippen LogP contribution >= 0.6 is 0 Å². The molecule has 5 nitrogen and oxygen atoms in total. The summed E-state index contributed by atoms with van der Waals surface area (Å²) >= 11 is 0. The maximum absolute atomic E-state index is 11.1. The molecule has 0 saturated carbocycles. The zero-order chi connectivity index (χ0) is 13.5. The number of methoxy groups -OCH3 is 2. The lowest BCUT2D eigenvalue weighted by atomic mass is 10.3. The predicted octanol–water partition coefficient (Wildman–Crippen LogP) is 0.955. The standard InChI is InChI=1S/C12H20N2O3S/c1-9(8-18(4)15)14-7-10-12(17-3)11(16-2)5-6-13-10/h5-6,9,14H,7-8H2,1-4H3. The fourth-order valence-electron chi connectivity index (χ4n) is 1.66. The first kappa shape index (κ1) is 14.9. The molecule has 0 radical (unpaired) electrons. The number of pyridine rings is 1. The van der Waals surface area contributed by atoms with Gasteiger partial charge in [-0.05, 0) is 6.92 Å². The van der Waals surface area contributed by atoms with Crippen molar-refractivity contribution in [3.63, 3.8) is 0 Å². The lowest BCUT2D eigenvalue weighted by molar-refractivity contribution is 0.347. The number of hydrogen-bond acceptors (Lipinski definition) is 5. The highest BCUT2D eigenvalue weighted by atomic mass is 32.2. The largest absolute Gasteiger partial charge is 0.493 e. The maximum atomic E-state index is 11.1. The van der Waals surface area contributed by atoms with Crippen molar-refractivity contribution < 1.29 is 13.7 Å². The van der Waals surface area contributed by atoms with Gasteiger partial charge in [0.15, 0.2) is 11.5 Å². The van der Waals surface area contributed by atoms with Gasteiger partial charge in [-0.3, -0.25) is 9.19 Å². The fraction of sp³-hybridized carbons (Fsp3) is 0.583. The van der Waals surface area contributed by atoms with E-state index in [0.717, 1.165) is 5.69 Å². The van der Waals surface area contributed by atoms with Crippen LogP contribution in [0.1, 0.15) is 12.6 Å². The summed E-state index contributed by atoms with van der Waals surface area (Å²) in [5.41, 5.74) is 0.783. The third kappa shape index (κ3) is 4.27. The quantitative estimate of drug-likeness (QED) is 0.801. The van der Waals surface area contributed by atoms with Crippen molar-refractivity contribution in [1.29, 1.82) is 0 Å². The zero-order valence-corrected chi connectivity index (χ0v) is 12.0. The number of hydrogen-bond donors (Lipinski definition) is 1. The van der Waals surface area contributed by atoms with Crippen LogP contribution in [0.5, 0.6) is 11.5 Å². The van der Waals surface area contributed by atoms with Crippen molar-refractivity contribution in [1.82, 2.24) is 10.3 Å². The molecule has 1 N–H and O–H groups in total. The Morgan fingerprint density at radius 3 is 2.72 bits per heavy atom. The summed E-state index contributed by atoms with van der Waals surface area (Å²) in [5.74, 6) is 1.92. The van der Waals surface area contributed by atoms with Gasteiger partial charge in [0.1, 0.15) is 0 Å². The van der Waals surface area contributed by atoms with E-state index in [0.29, 0.717) is 23.8 Å². The Bertz CT molecular complexity index is 412. The van der Waals surface area contributed by atoms with Crippen LogP contribution in [-0.4, -0.2) is 41.5 Å². The topological polar surface area (TPSA) is 60.5 Å². The molecule has 0 fully saturated rings. The van der Waals surface area contributed by atoms with E-state index in [-0.39, 0.29) is 6.04 Å². The molecule has 6 heteroatoms. The van der Waals surface area contributed by atoms with E-state index < -0.39 is 10.8 Å². The minimum Gasteiger partial charge on any atom is -0.493 e. The van der Waals surface area contributed by atoms with Gasteiger partial charge in [-0.25, -0.2) is 0 Å². The van der Waals surface area contributed by atoms with E-state index >= 15 is 0 Å². The lowest BCUT2D eigenvalue weighted by Gasteiger charge is -2.15. The molecule has 0 saturated heterocycles. The Hall–Kier alpha value is -1.14. The average molecular weight is 272 g/mol. The molecule has 0 aliphatic heterocycles. The first-order valence-corrected chi connectivity index (χ1v) is 7.40. The summed E-state index contributed by atoms with van der Waals surface area (Å²) in [5, 5.41) is 3.27. The van der Waals surface area contributed by atoms with Crippen molar-refractivity contribution in [3.8, 4) is 11.5 Å². The zero-order valence-electron chi connectivity index (χ0n) is 11.2. The summed E-state index contributed by atoms with van der Waals surface area (Å²) in [6.45, 7) is 2.55. The Morgan fingerprint density at radius 2 is 2.17 bits per heavy atom. The van der Waals surface area contributed by atoms with Crippen LogP contribution in [-0.2, 0) is 17.3 Å². The Kier molecular flexibility index (Phi) is 6.07. The minimum atomic E-state index is -0.806. The maximum Gasteiger partial charge on any atom is 0.183 e. The molecule has 1 aromatic rings. The molecule has 2 unspecified atom stereocenters. The SMILES string of the molecule is COc1ccnc(CNC(C)CS(C)=O)c1OC. The Morgan fingerprint density at radius 1 is 1.44 bits per heavy atom. The van der Waals surface area contributed by atoms with E-state index in [1.165, 1.54) is 0 Å². The summed E-state index contributed by atoms with van der Waals surface area (Å²) in [6, 6.07) is 1.92. The first-order chi connectivity index (χ1) is 8.58. The summed E-state index contributed by atoms with van der Waals surface area (Å²) in [4.78, 5) is 4.27. The molecule has 0 aliphatic rings. The van der Waals surface area contributed by atoms with Crippen LogP contribution in [0.25, 0.3) is 0 Å². The summed E-state index contributed by atoms with van der Waals surface area (Å²) < 4.78 is 21.6. The molecule has 18 heavy (non-hydrogen) atoms. The lowest BCUT2D eigenvalue weighted by Crippen LogP contribution is -2.30. The van der Waals surface area contributed by atoms with E-state index in [2.05, 4.69) is 10.3 Å². The second kappa shape index (κ2) is 7.33. The monoisotopic (exact) mass is 272 g/mol. The third-order valence-electron chi connectivity index (χ3n) is 2.47. The van der Waals surface area contributed by atoms with E-state index in [4.69, 9.17) is 9.47 Å². The van der Waals surface area contributed by atoms with Gasteiger partial charge in [-0.1, -0.05) is 0 Å². The minimum absolute atomic E-state index is 0.161. The number of ether oxygens (including phenoxy) is 2. The molecule has 0 spiro atoms. The van der Waals surface area contributed by atoms with E-state index in [1.807, 2.05) is 6.92 Å². The predicted molar refractivity (Wildman–Crippen MR) is 72.6 cm³/mol. The molecular weight excluding hydrogens is 252 g/mol. The fourth-order valence-corrected chi connectivity index (χ4v) is 2.48. The number of nitrogens with one attached hydrogen (secondary N) is 1. The van der Waals surface area contributed by atoms with Crippen LogP contribution in [0.15, 0.2) is 12.3 Å². The summed E-state index contributed by atoms with van der Waals surface area (Å²) in [7, 11) is 2.38. The molecule has 1 aromatic heterocycles. The normalized spacial score (nSPS) is 14.0. The van der Waals surface area contributed by atoms with Crippen LogP contribution in [0.4, 0.5) is 0 Å². The molecule has 2 atom stereocenters. The molecule has 1 rings (SSSR count). The number of rotatable bonds is 7. The van der Waals surface area contributed by atoms with E-state index in [9.17, 15) is 4.21 Å². The molecule has 1 heterocycles. The second-order valence-corrected chi connectivity index (χ2v) is 5.49.